The van der Waals surface area contributed by atoms with Gasteiger partial charge in [0, 0.05) is 109 Å². The fourth-order valence-electron chi connectivity index (χ4n) is 21.6. The number of carbonyl (C=O) groups excluding carboxylic acids is 15. The molecule has 12 fully saturated rings. The lowest BCUT2D eigenvalue weighted by molar-refractivity contribution is -0.156. The molecule has 16 rings (SSSR count). The van der Waals surface area contributed by atoms with Crippen molar-refractivity contribution in [1.82, 2.24) is 94.4 Å². The van der Waals surface area contributed by atoms with Gasteiger partial charge in [-0.25, -0.2) is 14.6 Å². The molecular formula is C85H114N22O15S2. The number of nitrogens with zero attached hydrogens (tertiary/aromatic N) is 17. The highest BCUT2D eigenvalue weighted by Gasteiger charge is 2.55. The number of nitrogen functional groups attached to an aromatic ring is 1. The van der Waals surface area contributed by atoms with Crippen molar-refractivity contribution in [2.45, 2.75) is 271 Å². The molecule has 124 heavy (non-hydrogen) atoms. The van der Waals surface area contributed by atoms with Gasteiger partial charge in [0.15, 0.2) is 5.16 Å². The van der Waals surface area contributed by atoms with Gasteiger partial charge >= 0.3 is 0 Å². The van der Waals surface area contributed by atoms with Crippen LogP contribution >= 0.6 is 23.1 Å². The molecule has 0 saturated carbocycles. The zero-order valence-electron chi connectivity index (χ0n) is 71.3. The van der Waals surface area contributed by atoms with E-state index in [1.165, 1.54) is 54.5 Å². The van der Waals surface area contributed by atoms with Crippen LogP contribution in [0.1, 0.15) is 197 Å². The van der Waals surface area contributed by atoms with Gasteiger partial charge in [0.05, 0.1) is 42.1 Å². The second kappa shape index (κ2) is 36.2. The number of likely N-dealkylation sites (tertiary alicyclic amines) is 12. The van der Waals surface area contributed by atoms with E-state index in [1.54, 1.807) is 51.2 Å². The van der Waals surface area contributed by atoms with Crippen LogP contribution in [0.25, 0.3) is 21.5 Å². The number of hydrogen-bond donors (Lipinski definition) is 5. The predicted octanol–water partition coefficient (Wildman–Crippen LogP) is 2.06. The number of nitrogens with one attached hydrogen (secondary N) is 3. The summed E-state index contributed by atoms with van der Waals surface area (Å²) in [5.74, 6) is -5.81. The Balaban J connectivity index is 0.581. The summed E-state index contributed by atoms with van der Waals surface area (Å²) in [6.07, 6.45) is 13.3. The average Bonchev–Trinajstić information content (AvgIpc) is 1.61. The molecule has 0 radical (unpaired) electrons. The number of aromatic nitrogens is 5. The molecule has 0 spiro atoms. The molecule has 15 amide bonds. The highest BCUT2D eigenvalue weighted by atomic mass is 32.2. The van der Waals surface area contributed by atoms with E-state index < -0.39 is 120 Å². The van der Waals surface area contributed by atoms with Crippen molar-refractivity contribution in [2.24, 2.45) is 5.73 Å². The summed E-state index contributed by atoms with van der Waals surface area (Å²) < 4.78 is 1.56. The first-order valence-corrected chi connectivity index (χ1v) is 46.5. The van der Waals surface area contributed by atoms with E-state index in [2.05, 4.69) is 31.2 Å². The number of carbonyl (C=O) groups is 15. The standard InChI is InChI=1S/C85H114N22O15S2/c1-48(108)95-31-8-21-54(95)73(112)97-33-10-23-56(97)80(119)104-40-17-30-63(104)82(121)106-47-52(107-46-51(93-94-107)44-89-65(109)45-88-50-19-6-18-49(42-50)68-66-67(86)69(71(111)92-85(2,3)4)124-72(66)91-84(90-68)123-5)43-64(106)83(122)105-41-16-29-62(105)81(120)103-39-15-28-61(103)79(118)102-38-14-27-60(102)78(117)101-37-13-26-59(101)77(116)100-36-12-25-58(100)76(115)99-35-11-24-57(99)75(114)98-34-9-22-55(98)74(113)96-32-7-20-53(96)70(87)110/h6,18-19,42,46,52-64,88H,7-17,20-41,43-45,47,86H2,1-5H3,(H2,87,110)(H,89,109)(H,92,111)/t52-,53-,54-,55-,56-,57-,58-,59-,60-,61-,62-,63-,64-/m0/s1. The maximum absolute atomic E-state index is 15.8. The topological polar surface area (TPSA) is 440 Å². The third-order valence-electron chi connectivity index (χ3n) is 27.5. The van der Waals surface area contributed by atoms with E-state index in [0.29, 0.717) is 204 Å². The van der Waals surface area contributed by atoms with Gasteiger partial charge in [-0.2, -0.15) is 0 Å². The first-order valence-electron chi connectivity index (χ1n) is 44.5. The minimum absolute atomic E-state index is 0.0230. The van der Waals surface area contributed by atoms with Crippen molar-refractivity contribution < 1.29 is 71.9 Å². The molecule has 39 heteroatoms. The smallest absolute Gasteiger partial charge is 0.263 e. The number of fused-ring (bicyclic) bond motifs is 1. The Morgan fingerprint density at radius 1 is 0.476 bits per heavy atom. The Morgan fingerprint density at radius 2 is 0.831 bits per heavy atom. The highest BCUT2D eigenvalue weighted by molar-refractivity contribution is 7.98. The lowest BCUT2D eigenvalue weighted by atomic mass is 10.1. The number of nitrogens with two attached hydrogens (primary N) is 2. The fourth-order valence-corrected chi connectivity index (χ4v) is 23.0. The van der Waals surface area contributed by atoms with Crippen LogP contribution in [-0.4, -0.2) is 342 Å². The summed E-state index contributed by atoms with van der Waals surface area (Å²) in [7, 11) is 0. The van der Waals surface area contributed by atoms with Crippen LogP contribution in [0, 0.1) is 0 Å². The first kappa shape index (κ1) is 86.9. The van der Waals surface area contributed by atoms with E-state index in [9.17, 15) is 38.4 Å². The van der Waals surface area contributed by atoms with Crippen LogP contribution in [-0.2, 0) is 73.7 Å². The lowest BCUT2D eigenvalue weighted by Crippen LogP contribution is -2.59. The summed E-state index contributed by atoms with van der Waals surface area (Å²) in [5, 5.41) is 19.0. The van der Waals surface area contributed by atoms with Crippen molar-refractivity contribution in [2.75, 3.05) is 102 Å². The quantitative estimate of drug-likeness (QED) is 0.0588. The molecule has 3 aromatic heterocycles. The molecule has 1 aromatic carbocycles. The van der Waals surface area contributed by atoms with E-state index in [0.717, 1.165) is 0 Å². The molecule has 0 unspecified atom stereocenters. The summed E-state index contributed by atoms with van der Waals surface area (Å²) in [6, 6.07) is -4.23. The Bertz CT molecular complexity index is 4920. The van der Waals surface area contributed by atoms with E-state index in [1.807, 2.05) is 45.2 Å². The van der Waals surface area contributed by atoms with Crippen molar-refractivity contribution in [3.63, 3.8) is 0 Å². The van der Waals surface area contributed by atoms with Crippen molar-refractivity contribution in [3.8, 4) is 11.3 Å². The van der Waals surface area contributed by atoms with Gasteiger partial charge in [-0.05, 0) is 180 Å². The van der Waals surface area contributed by atoms with Gasteiger partial charge in [-0.3, -0.25) is 71.9 Å². The SMILES string of the molecule is CSc1nc(-c2cccc(NCC(=O)NCc3cn([C@H]4C[C@@H](C(=O)N5CCC[C@H]5C(=O)N5CCC[C@H]5C(=O)N5CCC[C@H]5C(=O)N5CCC[C@H]5C(=O)N5CCC[C@H]5C(=O)N5CCC[C@H]5C(=O)N5CCC[C@H]5C(=O)N5CCC[C@H]5C(N)=O)N(C(=O)[C@@H]5CCCN5C(=O)[C@@H]5CCCN5C(=O)[C@@H]5CCCN5C(C)=O)C4)nn3)c2)c2c(N)c(C(=O)NC(C)(C)C)sc2n1. The monoisotopic (exact) mass is 1750 g/mol. The minimum Gasteiger partial charge on any atom is -0.397 e. The maximum Gasteiger partial charge on any atom is 0.263 e. The Kier molecular flexibility index (Phi) is 25.3. The third kappa shape index (κ3) is 16.9. The second-order valence-electron chi connectivity index (χ2n) is 36.3. The molecule has 37 nitrogen and oxygen atoms in total. The zero-order valence-corrected chi connectivity index (χ0v) is 72.9. The number of thiophene rings is 1. The molecule has 7 N–H and O–H groups in total. The van der Waals surface area contributed by atoms with Crippen LogP contribution < -0.4 is 27.4 Å². The zero-order chi connectivity index (χ0) is 87.4. The molecule has 15 heterocycles. The number of benzene rings is 1. The fraction of sp³-hybridized carbons (Fsp3) is 0.659. The van der Waals surface area contributed by atoms with Gasteiger partial charge in [0.1, 0.15) is 87.9 Å². The molecule has 4 aromatic rings. The Morgan fingerprint density at radius 3 is 1.20 bits per heavy atom. The molecule has 12 aliphatic rings. The predicted molar refractivity (Wildman–Crippen MR) is 453 cm³/mol. The summed E-state index contributed by atoms with van der Waals surface area (Å²) in [4.78, 5) is 246. The van der Waals surface area contributed by atoms with Crippen LogP contribution in [0.3, 0.4) is 0 Å². The lowest BCUT2D eigenvalue weighted by Gasteiger charge is -2.38. The van der Waals surface area contributed by atoms with Gasteiger partial charge in [-0.15, -0.1) is 16.4 Å². The number of anilines is 2. The minimum atomic E-state index is -1.18. The average molecular weight is 1750 g/mol. The summed E-state index contributed by atoms with van der Waals surface area (Å²) in [6.45, 7) is 9.87. The Hall–Kier alpha value is -10.6. The molecule has 0 aliphatic carbocycles. The van der Waals surface area contributed by atoms with Crippen LogP contribution in [0.5, 0.6) is 0 Å². The first-order chi connectivity index (χ1) is 59.6. The van der Waals surface area contributed by atoms with Crippen molar-refractivity contribution in [3.05, 3.63) is 41.0 Å². The van der Waals surface area contributed by atoms with E-state index >= 15 is 33.6 Å². The number of amides is 15. The molecule has 0 bridgehead atoms. The van der Waals surface area contributed by atoms with E-state index in [-0.39, 0.29) is 137 Å². The number of hydrogen-bond acceptors (Lipinski definition) is 23. The summed E-state index contributed by atoms with van der Waals surface area (Å²) >= 11 is 2.54. The van der Waals surface area contributed by atoms with Crippen LogP contribution in [0.4, 0.5) is 11.4 Å². The summed E-state index contributed by atoms with van der Waals surface area (Å²) in [5.41, 5.74) is 14.3. The van der Waals surface area contributed by atoms with E-state index in [4.69, 9.17) is 16.5 Å². The normalized spacial score (nSPS) is 27.1. The van der Waals surface area contributed by atoms with Gasteiger partial charge in [-0.1, -0.05) is 29.1 Å². The Labute approximate surface area is 727 Å². The number of primary amides is 1. The molecule has 12 aliphatic heterocycles. The van der Waals surface area contributed by atoms with Gasteiger partial charge < -0.3 is 86.2 Å². The van der Waals surface area contributed by atoms with Crippen LogP contribution in [0.15, 0.2) is 35.6 Å². The van der Waals surface area contributed by atoms with Crippen molar-refractivity contribution >= 4 is 133 Å². The van der Waals surface area contributed by atoms with Crippen molar-refractivity contribution in [1.29, 1.82) is 0 Å². The maximum atomic E-state index is 15.8. The molecular weight excluding hydrogens is 1630 g/mol. The van der Waals surface area contributed by atoms with Gasteiger partial charge in [0.2, 0.25) is 82.7 Å². The molecule has 666 valence electrons. The van der Waals surface area contributed by atoms with Gasteiger partial charge in [0.25, 0.3) is 5.91 Å². The third-order valence-corrected chi connectivity index (χ3v) is 29.1. The second-order valence-corrected chi connectivity index (χ2v) is 38.0. The largest absolute Gasteiger partial charge is 0.397 e. The molecule has 12 saturated heterocycles. The number of thioether (sulfide) groups is 1. The molecule has 13 atom stereocenters. The number of rotatable bonds is 21. The highest BCUT2D eigenvalue weighted by Crippen LogP contribution is 2.43. The van der Waals surface area contributed by atoms with Crippen LogP contribution in [0.2, 0.25) is 0 Å².